The van der Waals surface area contributed by atoms with Crippen molar-refractivity contribution in [2.75, 3.05) is 6.61 Å². The van der Waals surface area contributed by atoms with Gasteiger partial charge in [-0.05, 0) is 13.8 Å². The lowest BCUT2D eigenvalue weighted by Crippen LogP contribution is -2.40. The van der Waals surface area contributed by atoms with Crippen LogP contribution in [0.1, 0.15) is 26.7 Å². The Hall–Kier alpha value is -1.52. The Morgan fingerprint density at radius 3 is 2.12 bits per heavy atom. The van der Waals surface area contributed by atoms with Crippen molar-refractivity contribution in [3.63, 3.8) is 0 Å². The number of Topliss-reactive ketones (excluding diaryl/α,β-unsaturated/α-hetero) is 3. The maximum absolute atomic E-state index is 11.5. The molecule has 0 spiro atoms. The van der Waals surface area contributed by atoms with Crippen LogP contribution in [-0.2, 0) is 23.9 Å². The van der Waals surface area contributed by atoms with E-state index in [1.807, 2.05) is 0 Å². The van der Waals surface area contributed by atoms with Gasteiger partial charge in [-0.3, -0.25) is 19.2 Å². The number of carbonyl (C=O) groups is 4. The van der Waals surface area contributed by atoms with Crippen LogP contribution in [0, 0.1) is 11.8 Å². The van der Waals surface area contributed by atoms with Gasteiger partial charge >= 0.3 is 5.97 Å². The van der Waals surface area contributed by atoms with Crippen molar-refractivity contribution in [1.29, 1.82) is 0 Å². The van der Waals surface area contributed by atoms with Gasteiger partial charge in [0.15, 0.2) is 11.6 Å². The van der Waals surface area contributed by atoms with Crippen molar-refractivity contribution < 1.29 is 23.9 Å². The molecule has 1 aliphatic carbocycles. The van der Waals surface area contributed by atoms with Gasteiger partial charge in [0.05, 0.1) is 12.5 Å². The summed E-state index contributed by atoms with van der Waals surface area (Å²) in [6, 6.07) is 0. The van der Waals surface area contributed by atoms with Gasteiger partial charge in [0.2, 0.25) is 0 Å². The molecule has 1 aliphatic rings. The average Bonchev–Trinajstić information content (AvgIpc) is 2.16. The molecule has 88 valence electrons. The number of carbonyl (C=O) groups excluding carboxylic acids is 4. The van der Waals surface area contributed by atoms with E-state index in [0.717, 1.165) is 0 Å². The molecule has 0 saturated heterocycles. The standard InChI is InChI=1S/C11H14O5/c1-3-16-11(15)7-4-8(13)10(6(2)12)9(14)5-7/h7,10H,3-5H2,1-2H3. The van der Waals surface area contributed by atoms with E-state index >= 15 is 0 Å². The molecule has 0 atom stereocenters. The van der Waals surface area contributed by atoms with Gasteiger partial charge < -0.3 is 4.74 Å². The van der Waals surface area contributed by atoms with Crippen molar-refractivity contribution in [1.82, 2.24) is 0 Å². The number of hydrogen-bond acceptors (Lipinski definition) is 5. The predicted octanol–water partition coefficient (Wildman–Crippen LogP) is 0.303. The first kappa shape index (κ1) is 12.5. The molecule has 0 N–H and O–H groups in total. The van der Waals surface area contributed by atoms with Crippen LogP contribution in [0.2, 0.25) is 0 Å². The topological polar surface area (TPSA) is 77.5 Å². The SMILES string of the molecule is CCOC(=O)C1CC(=O)C(C(C)=O)C(=O)C1. The summed E-state index contributed by atoms with van der Waals surface area (Å²) >= 11 is 0. The van der Waals surface area contributed by atoms with Crippen LogP contribution in [0.3, 0.4) is 0 Å². The van der Waals surface area contributed by atoms with Crippen molar-refractivity contribution in [3.05, 3.63) is 0 Å². The molecule has 0 unspecified atom stereocenters. The lowest BCUT2D eigenvalue weighted by molar-refractivity contribution is -0.156. The molecule has 1 saturated carbocycles. The molecule has 0 aromatic carbocycles. The van der Waals surface area contributed by atoms with Gasteiger partial charge in [-0.25, -0.2) is 0 Å². The van der Waals surface area contributed by atoms with Crippen molar-refractivity contribution >= 4 is 23.3 Å². The van der Waals surface area contributed by atoms with E-state index in [9.17, 15) is 19.2 Å². The highest BCUT2D eigenvalue weighted by molar-refractivity contribution is 6.21. The maximum atomic E-state index is 11.5. The minimum Gasteiger partial charge on any atom is -0.466 e. The molecule has 0 bridgehead atoms. The van der Waals surface area contributed by atoms with Crippen LogP contribution in [0.5, 0.6) is 0 Å². The minimum absolute atomic E-state index is 0.0746. The molecule has 0 aromatic heterocycles. The average molecular weight is 226 g/mol. The van der Waals surface area contributed by atoms with E-state index in [-0.39, 0.29) is 19.4 Å². The van der Waals surface area contributed by atoms with Gasteiger partial charge in [0, 0.05) is 12.8 Å². The zero-order valence-electron chi connectivity index (χ0n) is 9.32. The first-order valence-electron chi connectivity index (χ1n) is 5.19. The molecule has 0 aromatic rings. The maximum Gasteiger partial charge on any atom is 0.309 e. The van der Waals surface area contributed by atoms with Crippen LogP contribution in [-0.4, -0.2) is 29.9 Å². The third-order valence-corrected chi connectivity index (χ3v) is 2.57. The first-order valence-corrected chi connectivity index (χ1v) is 5.19. The molecular weight excluding hydrogens is 212 g/mol. The van der Waals surface area contributed by atoms with E-state index < -0.39 is 35.2 Å². The second-order valence-electron chi connectivity index (χ2n) is 3.83. The fraction of sp³-hybridized carbons (Fsp3) is 0.636. The van der Waals surface area contributed by atoms with Crippen molar-refractivity contribution in [3.8, 4) is 0 Å². The predicted molar refractivity (Wildman–Crippen MR) is 53.5 cm³/mol. The number of hydrogen-bond donors (Lipinski definition) is 0. The van der Waals surface area contributed by atoms with Crippen LogP contribution in [0.15, 0.2) is 0 Å². The highest BCUT2D eigenvalue weighted by atomic mass is 16.5. The summed E-state index contributed by atoms with van der Waals surface area (Å²) in [5.41, 5.74) is 0. The second kappa shape index (κ2) is 5.01. The van der Waals surface area contributed by atoms with Crippen LogP contribution in [0.25, 0.3) is 0 Å². The number of ketones is 3. The summed E-state index contributed by atoms with van der Waals surface area (Å²) in [4.78, 5) is 45.4. The molecule has 5 heteroatoms. The van der Waals surface area contributed by atoms with Crippen LogP contribution < -0.4 is 0 Å². The van der Waals surface area contributed by atoms with Gasteiger partial charge in [-0.1, -0.05) is 0 Å². The highest BCUT2D eigenvalue weighted by Gasteiger charge is 2.41. The number of ether oxygens (including phenoxy) is 1. The molecule has 0 heterocycles. The Morgan fingerprint density at radius 2 is 1.75 bits per heavy atom. The normalized spacial score (nSPS) is 25.4. The molecule has 16 heavy (non-hydrogen) atoms. The van der Waals surface area contributed by atoms with Gasteiger partial charge in [0.1, 0.15) is 11.7 Å². The lowest BCUT2D eigenvalue weighted by Gasteiger charge is -2.23. The Balaban J connectivity index is 2.73. The van der Waals surface area contributed by atoms with Crippen LogP contribution in [0.4, 0.5) is 0 Å². The monoisotopic (exact) mass is 226 g/mol. The molecule has 0 amide bonds. The number of rotatable bonds is 3. The van der Waals surface area contributed by atoms with E-state index in [4.69, 9.17) is 4.74 Å². The fourth-order valence-corrected chi connectivity index (χ4v) is 1.85. The first-order chi connectivity index (χ1) is 7.47. The molecule has 0 radical (unpaired) electrons. The smallest absolute Gasteiger partial charge is 0.309 e. The quantitative estimate of drug-likeness (QED) is 0.511. The van der Waals surface area contributed by atoms with E-state index in [2.05, 4.69) is 0 Å². The third-order valence-electron chi connectivity index (χ3n) is 2.57. The summed E-state index contributed by atoms with van der Waals surface area (Å²) in [7, 11) is 0. The van der Waals surface area contributed by atoms with Gasteiger partial charge in [-0.2, -0.15) is 0 Å². The zero-order chi connectivity index (χ0) is 12.3. The summed E-state index contributed by atoms with van der Waals surface area (Å²) in [5, 5.41) is 0. The molecule has 1 fully saturated rings. The molecule has 1 rings (SSSR count). The van der Waals surface area contributed by atoms with Gasteiger partial charge in [-0.15, -0.1) is 0 Å². The fourth-order valence-electron chi connectivity index (χ4n) is 1.85. The Kier molecular flexibility index (Phi) is 3.93. The summed E-state index contributed by atoms with van der Waals surface area (Å²) in [6.07, 6.45) is -0.149. The third kappa shape index (κ3) is 2.53. The van der Waals surface area contributed by atoms with E-state index in [0.29, 0.717) is 0 Å². The van der Waals surface area contributed by atoms with E-state index in [1.165, 1.54) is 6.92 Å². The Labute approximate surface area is 93.1 Å². The Morgan fingerprint density at radius 1 is 1.25 bits per heavy atom. The van der Waals surface area contributed by atoms with E-state index in [1.54, 1.807) is 6.92 Å². The lowest BCUT2D eigenvalue weighted by atomic mass is 9.78. The highest BCUT2D eigenvalue weighted by Crippen LogP contribution is 2.24. The Bertz CT molecular complexity index is 326. The second-order valence-corrected chi connectivity index (χ2v) is 3.83. The molecular formula is C11H14O5. The molecule has 5 nitrogen and oxygen atoms in total. The largest absolute Gasteiger partial charge is 0.466 e. The summed E-state index contributed by atoms with van der Waals surface area (Å²) in [5.74, 6) is -3.80. The number of esters is 1. The van der Waals surface area contributed by atoms with Crippen LogP contribution >= 0.6 is 0 Å². The zero-order valence-corrected chi connectivity index (χ0v) is 9.32. The molecule has 0 aliphatic heterocycles. The summed E-state index contributed by atoms with van der Waals surface area (Å²) < 4.78 is 4.75. The minimum atomic E-state index is -1.16. The van der Waals surface area contributed by atoms with Crippen molar-refractivity contribution in [2.24, 2.45) is 11.8 Å². The summed E-state index contributed by atoms with van der Waals surface area (Å²) in [6.45, 7) is 3.09. The van der Waals surface area contributed by atoms with Gasteiger partial charge in [0.25, 0.3) is 0 Å². The van der Waals surface area contributed by atoms with Crippen molar-refractivity contribution in [2.45, 2.75) is 26.7 Å².